The summed E-state index contributed by atoms with van der Waals surface area (Å²) in [6.45, 7) is 13.4. The van der Waals surface area contributed by atoms with Crippen molar-refractivity contribution in [2.45, 2.75) is 66.0 Å². The second kappa shape index (κ2) is 7.74. The summed E-state index contributed by atoms with van der Waals surface area (Å²) in [6.07, 6.45) is 3.40. The molecule has 5 nitrogen and oxygen atoms in total. The van der Waals surface area contributed by atoms with Gasteiger partial charge in [0, 0.05) is 50.0 Å². The monoisotopic (exact) mass is 414 g/mol. The zero-order valence-electron chi connectivity index (χ0n) is 19.5. The molecule has 1 saturated heterocycles. The summed E-state index contributed by atoms with van der Waals surface area (Å²) in [7, 11) is 1.76. The summed E-state index contributed by atoms with van der Waals surface area (Å²) in [6, 6.07) is 6.78. The van der Waals surface area contributed by atoms with Crippen molar-refractivity contribution in [3.63, 3.8) is 0 Å². The molecule has 166 valence electrons. The van der Waals surface area contributed by atoms with Crippen LogP contribution in [0.5, 0.6) is 5.75 Å². The predicted molar refractivity (Wildman–Crippen MR) is 120 cm³/mol. The van der Waals surface area contributed by atoms with Gasteiger partial charge in [0.2, 0.25) is 5.91 Å². The van der Waals surface area contributed by atoms with Crippen LogP contribution in [0.4, 0.5) is 5.69 Å². The van der Waals surface area contributed by atoms with E-state index in [9.17, 15) is 4.79 Å². The first-order valence-electron chi connectivity index (χ1n) is 11.6. The highest BCUT2D eigenvalue weighted by Gasteiger charge is 2.68. The SMILES string of the molecule is CCN(CC)c1ccc([C@H]2OCC[C@@]34C[C@@H](C[C@H]23)C(C)(C)[C@@H]4NC(C)=O)c(OC)c1. The lowest BCUT2D eigenvalue weighted by Crippen LogP contribution is -2.58. The molecule has 0 aromatic heterocycles. The van der Waals surface area contributed by atoms with Gasteiger partial charge in [0.05, 0.1) is 13.2 Å². The maximum Gasteiger partial charge on any atom is 0.217 e. The van der Waals surface area contributed by atoms with E-state index in [4.69, 9.17) is 9.47 Å². The normalized spacial score (nSPS) is 33.8. The van der Waals surface area contributed by atoms with E-state index < -0.39 is 0 Å². The molecule has 3 aliphatic rings. The first-order chi connectivity index (χ1) is 14.3. The number of hydrogen-bond donors (Lipinski definition) is 1. The highest BCUT2D eigenvalue weighted by atomic mass is 16.5. The van der Waals surface area contributed by atoms with Crippen molar-refractivity contribution >= 4 is 11.6 Å². The smallest absolute Gasteiger partial charge is 0.217 e. The van der Waals surface area contributed by atoms with E-state index in [1.54, 1.807) is 14.0 Å². The number of amides is 1. The second-order valence-electron chi connectivity index (χ2n) is 10.1. The predicted octanol–water partition coefficient (Wildman–Crippen LogP) is 4.56. The molecule has 0 radical (unpaired) electrons. The third kappa shape index (κ3) is 3.12. The van der Waals surface area contributed by atoms with Crippen LogP contribution in [-0.2, 0) is 9.53 Å². The van der Waals surface area contributed by atoms with E-state index in [0.717, 1.165) is 43.9 Å². The molecule has 1 aromatic rings. The van der Waals surface area contributed by atoms with Crippen LogP contribution in [0.25, 0.3) is 0 Å². The van der Waals surface area contributed by atoms with Crippen LogP contribution in [0.1, 0.15) is 65.5 Å². The van der Waals surface area contributed by atoms with Gasteiger partial charge in [-0.1, -0.05) is 19.9 Å². The molecule has 2 aliphatic carbocycles. The topological polar surface area (TPSA) is 50.8 Å². The first-order valence-corrected chi connectivity index (χ1v) is 11.6. The summed E-state index contributed by atoms with van der Waals surface area (Å²) < 4.78 is 12.3. The van der Waals surface area contributed by atoms with Crippen LogP contribution in [0.15, 0.2) is 18.2 Å². The van der Waals surface area contributed by atoms with Gasteiger partial charge in [-0.25, -0.2) is 0 Å². The number of carbonyl (C=O) groups excluding carboxylic acids is 1. The molecule has 1 aliphatic heterocycles. The number of methoxy groups -OCH3 is 1. The Morgan fingerprint density at radius 3 is 2.67 bits per heavy atom. The van der Waals surface area contributed by atoms with E-state index in [1.165, 1.54) is 12.1 Å². The van der Waals surface area contributed by atoms with Crippen molar-refractivity contribution in [3.8, 4) is 5.75 Å². The molecule has 4 rings (SSSR count). The van der Waals surface area contributed by atoms with Crippen LogP contribution in [0, 0.1) is 22.7 Å². The maximum absolute atomic E-state index is 12.1. The number of benzene rings is 1. The minimum Gasteiger partial charge on any atom is -0.496 e. The van der Waals surface area contributed by atoms with Gasteiger partial charge in [-0.05, 0) is 61.8 Å². The Morgan fingerprint density at radius 1 is 1.30 bits per heavy atom. The molecule has 1 aromatic carbocycles. The third-order valence-electron chi connectivity index (χ3n) is 8.50. The molecular formula is C25H38N2O3. The van der Waals surface area contributed by atoms with Crippen LogP contribution < -0.4 is 15.0 Å². The van der Waals surface area contributed by atoms with E-state index >= 15 is 0 Å². The van der Waals surface area contributed by atoms with Crippen molar-refractivity contribution in [3.05, 3.63) is 23.8 Å². The fourth-order valence-corrected chi connectivity index (χ4v) is 7.02. The van der Waals surface area contributed by atoms with Gasteiger partial charge in [-0.3, -0.25) is 4.79 Å². The molecule has 1 N–H and O–H groups in total. The Morgan fingerprint density at radius 2 is 2.03 bits per heavy atom. The zero-order chi connectivity index (χ0) is 21.7. The van der Waals surface area contributed by atoms with Crippen LogP contribution in [0.3, 0.4) is 0 Å². The molecule has 30 heavy (non-hydrogen) atoms. The number of hydrogen-bond acceptors (Lipinski definition) is 4. The molecular weight excluding hydrogens is 376 g/mol. The summed E-state index contributed by atoms with van der Waals surface area (Å²) >= 11 is 0. The van der Waals surface area contributed by atoms with Gasteiger partial charge < -0.3 is 19.7 Å². The van der Waals surface area contributed by atoms with Crippen molar-refractivity contribution in [2.24, 2.45) is 22.7 Å². The Hall–Kier alpha value is -1.75. The molecule has 1 spiro atoms. The molecule has 0 unspecified atom stereocenters. The standard InChI is InChI=1S/C25H38N2O3/c1-7-27(8-2)18-9-10-19(21(14-18)29-6)22-20-13-17-15-25(20,11-12-30-22)23(24(17,4)5)26-16(3)28/h9-10,14,17,20,22-23H,7-8,11-13,15H2,1-6H3,(H,26,28)/t17-,20-,22-,23+,25-/m1/s1. The second-order valence-corrected chi connectivity index (χ2v) is 10.1. The van der Waals surface area contributed by atoms with E-state index in [2.05, 4.69) is 56.1 Å². The van der Waals surface area contributed by atoms with Gasteiger partial charge in [0.1, 0.15) is 5.75 Å². The number of fused-ring (bicyclic) bond motifs is 1. The maximum atomic E-state index is 12.1. The Labute approximate surface area is 181 Å². The number of nitrogens with one attached hydrogen (secondary N) is 1. The van der Waals surface area contributed by atoms with Gasteiger partial charge in [0.15, 0.2) is 0 Å². The van der Waals surface area contributed by atoms with Crippen LogP contribution >= 0.6 is 0 Å². The molecule has 5 heteroatoms. The Bertz CT molecular complexity index is 804. The lowest BCUT2D eigenvalue weighted by atomic mass is 9.58. The average molecular weight is 415 g/mol. The van der Waals surface area contributed by atoms with E-state index in [1.807, 2.05) is 0 Å². The number of rotatable bonds is 6. The number of anilines is 1. The van der Waals surface area contributed by atoms with Crippen molar-refractivity contribution in [1.29, 1.82) is 0 Å². The molecule has 5 atom stereocenters. The van der Waals surface area contributed by atoms with Crippen molar-refractivity contribution < 1.29 is 14.3 Å². The first kappa shape index (κ1) is 21.5. The molecule has 1 amide bonds. The van der Waals surface area contributed by atoms with Gasteiger partial charge in [0.25, 0.3) is 0 Å². The summed E-state index contributed by atoms with van der Waals surface area (Å²) in [5.41, 5.74) is 2.59. The lowest BCUT2D eigenvalue weighted by molar-refractivity contribution is -0.136. The molecule has 3 fully saturated rings. The highest BCUT2D eigenvalue weighted by molar-refractivity contribution is 5.73. The number of ether oxygens (including phenoxy) is 2. The van der Waals surface area contributed by atoms with Gasteiger partial charge in [-0.2, -0.15) is 0 Å². The lowest BCUT2D eigenvalue weighted by Gasteiger charge is -2.53. The Balaban J connectivity index is 1.70. The molecule has 2 saturated carbocycles. The third-order valence-corrected chi connectivity index (χ3v) is 8.50. The average Bonchev–Trinajstić information content (AvgIpc) is 3.21. The van der Waals surface area contributed by atoms with Crippen molar-refractivity contribution in [2.75, 3.05) is 31.7 Å². The highest BCUT2D eigenvalue weighted by Crippen LogP contribution is 2.70. The Kier molecular flexibility index (Phi) is 5.54. The van der Waals surface area contributed by atoms with E-state index in [0.29, 0.717) is 11.8 Å². The van der Waals surface area contributed by atoms with Crippen molar-refractivity contribution in [1.82, 2.24) is 5.32 Å². The molecule has 2 bridgehead atoms. The van der Waals surface area contributed by atoms with Gasteiger partial charge >= 0.3 is 0 Å². The fourth-order valence-electron chi connectivity index (χ4n) is 7.02. The fraction of sp³-hybridized carbons (Fsp3) is 0.720. The molecule has 1 heterocycles. The number of carbonyl (C=O) groups is 1. The largest absolute Gasteiger partial charge is 0.496 e. The van der Waals surface area contributed by atoms with Crippen LogP contribution in [0.2, 0.25) is 0 Å². The quantitative estimate of drug-likeness (QED) is 0.741. The minimum atomic E-state index is 0.0248. The van der Waals surface area contributed by atoms with E-state index in [-0.39, 0.29) is 28.9 Å². The number of nitrogens with zero attached hydrogens (tertiary/aromatic N) is 1. The van der Waals surface area contributed by atoms with Crippen LogP contribution in [-0.4, -0.2) is 38.8 Å². The minimum absolute atomic E-state index is 0.0248. The van der Waals surface area contributed by atoms with Gasteiger partial charge in [-0.15, -0.1) is 0 Å². The summed E-state index contributed by atoms with van der Waals surface area (Å²) in [5, 5.41) is 3.36. The summed E-state index contributed by atoms with van der Waals surface area (Å²) in [5.74, 6) is 2.02. The summed E-state index contributed by atoms with van der Waals surface area (Å²) in [4.78, 5) is 14.4. The zero-order valence-corrected chi connectivity index (χ0v) is 19.5.